The molecule has 142 valence electrons. The van der Waals surface area contributed by atoms with E-state index in [0.717, 1.165) is 11.1 Å². The molecule has 1 heterocycles. The predicted octanol–water partition coefficient (Wildman–Crippen LogP) is 4.90. The summed E-state index contributed by atoms with van der Waals surface area (Å²) in [7, 11) is -3.81. The van der Waals surface area contributed by atoms with Crippen LogP contribution in [0.2, 0.25) is 5.02 Å². The first-order valence-electron chi connectivity index (χ1n) is 7.93. The van der Waals surface area contributed by atoms with Crippen molar-refractivity contribution in [3.05, 3.63) is 74.6 Å². The van der Waals surface area contributed by atoms with Crippen LogP contribution in [-0.4, -0.2) is 18.2 Å². The first-order valence-corrected chi connectivity index (χ1v) is 10.6. The molecule has 0 spiro atoms. The molecule has 9 heteroatoms. The molecular formula is C18H16BrClFN3O2S. The quantitative estimate of drug-likeness (QED) is 0.574. The zero-order valence-electron chi connectivity index (χ0n) is 14.5. The molecule has 0 aliphatic rings. The number of rotatable bonds is 5. The van der Waals surface area contributed by atoms with E-state index in [9.17, 15) is 12.8 Å². The van der Waals surface area contributed by atoms with Gasteiger partial charge < -0.3 is 0 Å². The number of halogens is 3. The molecule has 0 radical (unpaired) electrons. The lowest BCUT2D eigenvalue weighted by atomic mass is 10.1. The van der Waals surface area contributed by atoms with Gasteiger partial charge in [-0.15, -0.1) is 0 Å². The Kier molecular flexibility index (Phi) is 5.60. The van der Waals surface area contributed by atoms with Gasteiger partial charge in [0, 0.05) is 16.8 Å². The van der Waals surface area contributed by atoms with E-state index in [4.69, 9.17) is 11.6 Å². The third-order valence-electron chi connectivity index (χ3n) is 4.12. The summed E-state index contributed by atoms with van der Waals surface area (Å²) < 4.78 is 43.5. The summed E-state index contributed by atoms with van der Waals surface area (Å²) in [6, 6.07) is 9.29. The number of hydrogen-bond donors (Lipinski definition) is 1. The van der Waals surface area contributed by atoms with Gasteiger partial charge in [0.2, 0.25) is 0 Å². The Morgan fingerprint density at radius 1 is 1.22 bits per heavy atom. The summed E-state index contributed by atoms with van der Waals surface area (Å²) in [6.07, 6.45) is 1.56. The highest BCUT2D eigenvalue weighted by molar-refractivity contribution is 9.10. The second-order valence-electron chi connectivity index (χ2n) is 6.07. The van der Waals surface area contributed by atoms with E-state index in [1.807, 2.05) is 13.8 Å². The minimum atomic E-state index is -3.81. The number of nitrogens with zero attached hydrogens (tertiary/aromatic N) is 2. The summed E-state index contributed by atoms with van der Waals surface area (Å²) >= 11 is 9.32. The van der Waals surface area contributed by atoms with E-state index >= 15 is 0 Å². The molecule has 5 nitrogen and oxygen atoms in total. The summed E-state index contributed by atoms with van der Waals surface area (Å²) in [5.74, 6) is -0.341. The molecule has 1 aromatic heterocycles. The van der Waals surface area contributed by atoms with Gasteiger partial charge in [-0.1, -0.05) is 23.7 Å². The highest BCUT2D eigenvalue weighted by Gasteiger charge is 2.19. The molecular weight excluding hydrogens is 457 g/mol. The van der Waals surface area contributed by atoms with Crippen LogP contribution in [0, 0.1) is 19.7 Å². The van der Waals surface area contributed by atoms with Crippen LogP contribution in [0.25, 0.3) is 0 Å². The van der Waals surface area contributed by atoms with E-state index in [1.165, 1.54) is 22.9 Å². The standard InChI is InChI=1S/C18H16BrClFN3O2S/c1-11-6-7-13(8-12(11)2)27(25,26)23-18-15(19)10-24(22-18)9-14-16(20)4-3-5-17(14)21/h3-8,10H,9H2,1-2H3,(H,22,23). The molecule has 0 fully saturated rings. The monoisotopic (exact) mass is 471 g/mol. The maximum Gasteiger partial charge on any atom is 0.263 e. The van der Waals surface area contributed by atoms with Crippen LogP contribution in [0.5, 0.6) is 0 Å². The van der Waals surface area contributed by atoms with Crippen molar-refractivity contribution in [2.24, 2.45) is 0 Å². The fraction of sp³-hybridized carbons (Fsp3) is 0.167. The van der Waals surface area contributed by atoms with E-state index in [-0.39, 0.29) is 27.8 Å². The average Bonchev–Trinajstić information content (AvgIpc) is 2.92. The largest absolute Gasteiger partial charge is 0.265 e. The lowest BCUT2D eigenvalue weighted by Gasteiger charge is -2.08. The number of sulfonamides is 1. The first kappa shape index (κ1) is 19.9. The molecule has 0 bridgehead atoms. The molecule has 3 aromatic rings. The molecule has 0 saturated heterocycles. The zero-order valence-corrected chi connectivity index (χ0v) is 17.7. The molecule has 0 aliphatic heterocycles. The average molecular weight is 473 g/mol. The summed E-state index contributed by atoms with van der Waals surface area (Å²) in [4.78, 5) is 0.143. The number of benzene rings is 2. The van der Waals surface area contributed by atoms with Gasteiger partial charge in [-0.2, -0.15) is 5.10 Å². The number of aryl methyl sites for hydroxylation is 2. The van der Waals surface area contributed by atoms with Crippen molar-refractivity contribution in [3.63, 3.8) is 0 Å². The van der Waals surface area contributed by atoms with Crippen molar-refractivity contribution in [1.82, 2.24) is 9.78 Å². The second-order valence-corrected chi connectivity index (χ2v) is 9.02. The molecule has 2 aromatic carbocycles. The maximum atomic E-state index is 14.0. The normalized spacial score (nSPS) is 11.6. The van der Waals surface area contributed by atoms with Gasteiger partial charge in [-0.3, -0.25) is 9.40 Å². The predicted molar refractivity (Wildman–Crippen MR) is 107 cm³/mol. The van der Waals surface area contributed by atoms with Gasteiger partial charge in [0.15, 0.2) is 5.82 Å². The molecule has 0 atom stereocenters. The maximum absolute atomic E-state index is 14.0. The first-order chi connectivity index (χ1) is 12.7. The zero-order chi connectivity index (χ0) is 19.8. The summed E-state index contributed by atoms with van der Waals surface area (Å²) in [5, 5.41) is 4.47. The van der Waals surface area contributed by atoms with Crippen LogP contribution >= 0.6 is 27.5 Å². The van der Waals surface area contributed by atoms with Gasteiger partial charge in [-0.25, -0.2) is 12.8 Å². The Hall–Kier alpha value is -1.90. The van der Waals surface area contributed by atoms with Crippen LogP contribution in [0.3, 0.4) is 0 Å². The molecule has 3 rings (SSSR count). The summed E-state index contributed by atoms with van der Waals surface area (Å²) in [6.45, 7) is 3.82. The van der Waals surface area contributed by atoms with Gasteiger partial charge in [0.1, 0.15) is 5.82 Å². The van der Waals surface area contributed by atoms with Crippen molar-refractivity contribution < 1.29 is 12.8 Å². The SMILES string of the molecule is Cc1ccc(S(=O)(=O)Nc2nn(Cc3c(F)cccc3Cl)cc2Br)cc1C. The van der Waals surface area contributed by atoms with Crippen LogP contribution in [0.1, 0.15) is 16.7 Å². The van der Waals surface area contributed by atoms with Gasteiger partial charge in [0.25, 0.3) is 10.0 Å². The Morgan fingerprint density at radius 3 is 2.63 bits per heavy atom. The van der Waals surface area contributed by atoms with Gasteiger partial charge in [-0.05, 0) is 65.2 Å². The number of aromatic nitrogens is 2. The lowest BCUT2D eigenvalue weighted by molar-refractivity contribution is 0.585. The van der Waals surface area contributed by atoms with Gasteiger partial charge in [0.05, 0.1) is 15.9 Å². The van der Waals surface area contributed by atoms with Crippen LogP contribution < -0.4 is 4.72 Å². The minimum Gasteiger partial charge on any atom is -0.265 e. The fourth-order valence-corrected chi connectivity index (χ4v) is 4.33. The van der Waals surface area contributed by atoms with Crippen molar-refractivity contribution in [2.45, 2.75) is 25.3 Å². The Balaban J connectivity index is 1.87. The Bertz CT molecular complexity index is 1100. The minimum absolute atomic E-state index is 0.0650. The van der Waals surface area contributed by atoms with E-state index in [0.29, 0.717) is 4.47 Å². The topological polar surface area (TPSA) is 64.0 Å². The van der Waals surface area contributed by atoms with Crippen molar-refractivity contribution in [2.75, 3.05) is 4.72 Å². The van der Waals surface area contributed by atoms with Crippen molar-refractivity contribution in [1.29, 1.82) is 0 Å². The van der Waals surface area contributed by atoms with Crippen LogP contribution in [0.4, 0.5) is 10.2 Å². The molecule has 0 amide bonds. The van der Waals surface area contributed by atoms with Crippen LogP contribution in [0.15, 0.2) is 52.0 Å². The second kappa shape index (κ2) is 7.61. The molecule has 0 aliphatic carbocycles. The Labute approximate surface area is 170 Å². The number of nitrogens with one attached hydrogen (secondary N) is 1. The highest BCUT2D eigenvalue weighted by Crippen LogP contribution is 2.26. The van der Waals surface area contributed by atoms with E-state index in [2.05, 4.69) is 25.8 Å². The van der Waals surface area contributed by atoms with Crippen molar-refractivity contribution >= 4 is 43.4 Å². The summed E-state index contributed by atoms with van der Waals surface area (Å²) in [5.41, 5.74) is 2.15. The molecule has 0 unspecified atom stereocenters. The van der Waals surface area contributed by atoms with Gasteiger partial charge >= 0.3 is 0 Å². The third kappa shape index (κ3) is 4.34. The van der Waals surface area contributed by atoms with Crippen molar-refractivity contribution in [3.8, 4) is 0 Å². The fourth-order valence-electron chi connectivity index (χ4n) is 2.46. The Morgan fingerprint density at radius 2 is 1.96 bits per heavy atom. The lowest BCUT2D eigenvalue weighted by Crippen LogP contribution is -2.14. The molecule has 0 saturated carbocycles. The highest BCUT2D eigenvalue weighted by atomic mass is 79.9. The number of anilines is 1. The van der Waals surface area contributed by atoms with E-state index < -0.39 is 15.8 Å². The van der Waals surface area contributed by atoms with Crippen LogP contribution in [-0.2, 0) is 16.6 Å². The molecule has 1 N–H and O–H groups in total. The number of hydrogen-bond acceptors (Lipinski definition) is 3. The van der Waals surface area contributed by atoms with E-state index in [1.54, 1.807) is 24.4 Å². The smallest absolute Gasteiger partial charge is 0.263 e. The molecule has 27 heavy (non-hydrogen) atoms. The third-order valence-corrected chi connectivity index (χ3v) is 6.39.